The molecule has 27 heavy (non-hydrogen) atoms. The summed E-state index contributed by atoms with van der Waals surface area (Å²) >= 11 is 0. The van der Waals surface area contributed by atoms with E-state index in [-0.39, 0.29) is 11.9 Å². The average molecular weight is 359 g/mol. The molecule has 136 valence electrons. The third-order valence-corrected chi connectivity index (χ3v) is 4.96. The van der Waals surface area contributed by atoms with Gasteiger partial charge in [0.25, 0.3) is 5.91 Å². The third kappa shape index (κ3) is 3.12. The maximum atomic E-state index is 13.2. The van der Waals surface area contributed by atoms with Crippen LogP contribution in [-0.2, 0) is 11.3 Å². The Labute approximate surface area is 158 Å². The van der Waals surface area contributed by atoms with Crippen molar-refractivity contribution in [1.82, 2.24) is 15.1 Å². The van der Waals surface area contributed by atoms with Gasteiger partial charge in [-0.05, 0) is 11.1 Å². The van der Waals surface area contributed by atoms with Crippen LogP contribution in [0.25, 0.3) is 0 Å². The number of carbonyl (C=O) groups is 2. The summed E-state index contributed by atoms with van der Waals surface area (Å²) in [6.45, 7) is 5.06. The van der Waals surface area contributed by atoms with E-state index in [1.165, 1.54) is 0 Å². The second-order valence-corrected chi connectivity index (χ2v) is 6.70. The van der Waals surface area contributed by atoms with Crippen LogP contribution in [0.15, 0.2) is 84.6 Å². The van der Waals surface area contributed by atoms with Crippen molar-refractivity contribution in [3.8, 4) is 0 Å². The van der Waals surface area contributed by atoms with Crippen molar-refractivity contribution >= 4 is 11.9 Å². The molecule has 5 nitrogen and oxygen atoms in total. The highest BCUT2D eigenvalue weighted by molar-refractivity contribution is 6.01. The summed E-state index contributed by atoms with van der Waals surface area (Å²) in [5, 5.41) is 2.99. The highest BCUT2D eigenvalue weighted by Crippen LogP contribution is 2.36. The molecule has 2 aromatic carbocycles. The van der Waals surface area contributed by atoms with Crippen molar-refractivity contribution in [3.05, 3.63) is 95.7 Å². The molecule has 0 bridgehead atoms. The summed E-state index contributed by atoms with van der Waals surface area (Å²) in [5.74, 6) is -0.0308. The van der Waals surface area contributed by atoms with E-state index < -0.39 is 6.04 Å². The van der Waals surface area contributed by atoms with Crippen LogP contribution in [0.3, 0.4) is 0 Å². The number of hydrogen-bond donors (Lipinski definition) is 1. The molecule has 0 saturated carbocycles. The molecule has 0 aliphatic carbocycles. The molecule has 0 radical (unpaired) electrons. The molecule has 4 rings (SSSR count). The second-order valence-electron chi connectivity index (χ2n) is 6.70. The minimum Gasteiger partial charge on any atom is -0.329 e. The third-order valence-electron chi connectivity index (χ3n) is 4.96. The Bertz CT molecular complexity index is 906. The Kier molecular flexibility index (Phi) is 4.50. The summed E-state index contributed by atoms with van der Waals surface area (Å²) in [6, 6.07) is 18.9. The monoisotopic (exact) mass is 359 g/mol. The lowest BCUT2D eigenvalue weighted by Crippen LogP contribution is -2.47. The van der Waals surface area contributed by atoms with Gasteiger partial charge in [0, 0.05) is 13.1 Å². The van der Waals surface area contributed by atoms with E-state index in [4.69, 9.17) is 0 Å². The normalized spacial score (nSPS) is 19.2. The Morgan fingerprint density at radius 2 is 1.70 bits per heavy atom. The van der Waals surface area contributed by atoms with Crippen molar-refractivity contribution in [2.75, 3.05) is 13.1 Å². The fraction of sp³-hybridized carbons (Fsp3) is 0.182. The van der Waals surface area contributed by atoms with Gasteiger partial charge in [-0.3, -0.25) is 9.69 Å². The Morgan fingerprint density at radius 1 is 1.04 bits per heavy atom. The van der Waals surface area contributed by atoms with Gasteiger partial charge in [0.05, 0.1) is 23.9 Å². The standard InChI is InChI=1S/C22H21N3O2/c1-2-13-25-18-15-24(14-16-9-5-3-6-10-16)21(26)19(18)20(23-22(25)27)17-11-7-4-8-12-17/h2-12,20H,1,13-15H2,(H,23,27)/t20-/m1/s1. The number of rotatable bonds is 5. The number of urea groups is 1. The van der Waals surface area contributed by atoms with E-state index in [0.717, 1.165) is 16.8 Å². The molecule has 2 heterocycles. The van der Waals surface area contributed by atoms with Crippen LogP contribution in [0.4, 0.5) is 4.79 Å². The zero-order chi connectivity index (χ0) is 18.8. The first-order valence-corrected chi connectivity index (χ1v) is 8.99. The SMILES string of the molecule is C=CCN1C(=O)N[C@H](c2ccccc2)C2=C1CN(Cc1ccccc1)C2=O. The lowest BCUT2D eigenvalue weighted by molar-refractivity contribution is -0.126. The number of nitrogens with zero attached hydrogens (tertiary/aromatic N) is 2. The van der Waals surface area contributed by atoms with Gasteiger partial charge >= 0.3 is 6.03 Å². The molecule has 0 fully saturated rings. The molecule has 5 heteroatoms. The molecule has 0 spiro atoms. The summed E-state index contributed by atoms with van der Waals surface area (Å²) in [7, 11) is 0. The van der Waals surface area contributed by atoms with Gasteiger partial charge in [-0.25, -0.2) is 4.79 Å². The van der Waals surface area contributed by atoms with Crippen LogP contribution >= 0.6 is 0 Å². The lowest BCUT2D eigenvalue weighted by atomic mass is 9.95. The Morgan fingerprint density at radius 3 is 2.37 bits per heavy atom. The highest BCUT2D eigenvalue weighted by Gasteiger charge is 2.43. The summed E-state index contributed by atoms with van der Waals surface area (Å²) in [4.78, 5) is 29.3. The van der Waals surface area contributed by atoms with Gasteiger partial charge in [-0.15, -0.1) is 6.58 Å². The maximum Gasteiger partial charge on any atom is 0.322 e. The molecule has 0 aromatic heterocycles. The molecular formula is C22H21N3O2. The summed E-state index contributed by atoms with van der Waals surface area (Å²) < 4.78 is 0. The van der Waals surface area contributed by atoms with Crippen LogP contribution in [0.5, 0.6) is 0 Å². The Hall–Kier alpha value is -3.34. The van der Waals surface area contributed by atoms with Gasteiger partial charge in [-0.1, -0.05) is 66.7 Å². The van der Waals surface area contributed by atoms with E-state index in [2.05, 4.69) is 11.9 Å². The Balaban J connectivity index is 1.70. The molecule has 1 N–H and O–H groups in total. The summed E-state index contributed by atoms with van der Waals surface area (Å²) in [5.41, 5.74) is 3.40. The van der Waals surface area contributed by atoms with Gasteiger partial charge in [0.1, 0.15) is 0 Å². The number of benzene rings is 2. The fourth-order valence-corrected chi connectivity index (χ4v) is 3.70. The van der Waals surface area contributed by atoms with Crippen LogP contribution in [0.2, 0.25) is 0 Å². The highest BCUT2D eigenvalue weighted by atomic mass is 16.2. The van der Waals surface area contributed by atoms with Gasteiger partial charge in [-0.2, -0.15) is 0 Å². The second kappa shape index (κ2) is 7.11. The fourth-order valence-electron chi connectivity index (χ4n) is 3.70. The first kappa shape index (κ1) is 17.1. The number of carbonyl (C=O) groups excluding carboxylic acids is 2. The van der Waals surface area contributed by atoms with Gasteiger partial charge in [0.15, 0.2) is 0 Å². The predicted octanol–water partition coefficient (Wildman–Crippen LogP) is 3.24. The molecule has 3 amide bonds. The minimum atomic E-state index is -0.428. The van der Waals surface area contributed by atoms with Crippen molar-refractivity contribution < 1.29 is 9.59 Å². The molecule has 0 unspecified atom stereocenters. The first-order valence-electron chi connectivity index (χ1n) is 8.99. The smallest absolute Gasteiger partial charge is 0.322 e. The van der Waals surface area contributed by atoms with E-state index in [0.29, 0.717) is 25.2 Å². The van der Waals surface area contributed by atoms with Crippen molar-refractivity contribution in [2.45, 2.75) is 12.6 Å². The largest absolute Gasteiger partial charge is 0.329 e. The van der Waals surface area contributed by atoms with Crippen molar-refractivity contribution in [2.24, 2.45) is 0 Å². The summed E-state index contributed by atoms with van der Waals surface area (Å²) in [6.07, 6.45) is 1.68. The predicted molar refractivity (Wildman–Crippen MR) is 104 cm³/mol. The first-order chi connectivity index (χ1) is 13.2. The van der Waals surface area contributed by atoms with Crippen LogP contribution < -0.4 is 5.32 Å². The molecule has 1 atom stereocenters. The zero-order valence-electron chi connectivity index (χ0n) is 15.0. The van der Waals surface area contributed by atoms with Crippen LogP contribution in [-0.4, -0.2) is 34.8 Å². The van der Waals surface area contributed by atoms with Crippen molar-refractivity contribution in [3.63, 3.8) is 0 Å². The zero-order valence-corrected chi connectivity index (χ0v) is 15.0. The molecule has 2 aliphatic heterocycles. The van der Waals surface area contributed by atoms with E-state index in [9.17, 15) is 9.59 Å². The van der Waals surface area contributed by atoms with E-state index in [1.54, 1.807) is 15.9 Å². The quantitative estimate of drug-likeness (QED) is 0.834. The number of nitrogens with one attached hydrogen (secondary N) is 1. The van der Waals surface area contributed by atoms with E-state index >= 15 is 0 Å². The van der Waals surface area contributed by atoms with E-state index in [1.807, 2.05) is 60.7 Å². The maximum absolute atomic E-state index is 13.2. The number of amides is 3. The van der Waals surface area contributed by atoms with Crippen LogP contribution in [0, 0.1) is 0 Å². The van der Waals surface area contributed by atoms with Gasteiger partial charge < -0.3 is 10.2 Å². The average Bonchev–Trinajstić information content (AvgIpc) is 3.02. The van der Waals surface area contributed by atoms with Crippen LogP contribution in [0.1, 0.15) is 17.2 Å². The lowest BCUT2D eigenvalue weighted by Gasteiger charge is -2.33. The van der Waals surface area contributed by atoms with Gasteiger partial charge in [0.2, 0.25) is 0 Å². The molecular weight excluding hydrogens is 338 g/mol. The molecule has 2 aliphatic rings. The molecule has 0 saturated heterocycles. The molecule has 2 aromatic rings. The topological polar surface area (TPSA) is 52.7 Å². The number of hydrogen-bond acceptors (Lipinski definition) is 2. The van der Waals surface area contributed by atoms with Crippen molar-refractivity contribution in [1.29, 1.82) is 0 Å². The minimum absolute atomic E-state index is 0.0308.